The number of nitrogens with one attached hydrogen (secondary N) is 1. The molecule has 1 N–H and O–H groups in total. The average Bonchev–Trinajstić information content (AvgIpc) is 1.77. The van der Waals surface area contributed by atoms with Crippen LogP contribution in [0.1, 0.15) is 0 Å². The van der Waals surface area contributed by atoms with Gasteiger partial charge in [0.15, 0.2) is 0 Å². The van der Waals surface area contributed by atoms with Crippen molar-refractivity contribution in [1.29, 1.82) is 0 Å². The van der Waals surface area contributed by atoms with Crippen LogP contribution in [0.2, 0.25) is 0 Å². The number of hydrogen-bond donors (Lipinski definition) is 2. The Morgan fingerprint density at radius 3 is 2.62 bits per heavy atom. The lowest BCUT2D eigenvalue weighted by molar-refractivity contribution is 1.22. The number of thiol groups is 1. The lowest BCUT2D eigenvalue weighted by Crippen LogP contribution is -1.69. The molecular weight excluding hydrogens is 138 g/mol. The summed E-state index contributed by atoms with van der Waals surface area (Å²) in [5.74, 6) is 0. The summed E-state index contributed by atoms with van der Waals surface area (Å²) in [5.41, 5.74) is 0. The molecule has 0 radical (unpaired) electrons. The fourth-order valence-electron chi connectivity index (χ4n) is 0.402. The molecule has 0 aliphatic rings. The zero-order chi connectivity index (χ0) is 5.98. The minimum absolute atomic E-state index is 0.739. The minimum atomic E-state index is 0.739. The van der Waals surface area contributed by atoms with Gasteiger partial charge in [0.1, 0.15) is 4.64 Å². The molecule has 42 valence electrons. The highest BCUT2D eigenvalue weighted by Crippen LogP contribution is 1.99. The fourth-order valence-corrected chi connectivity index (χ4v) is 0.668. The smallest absolute Gasteiger partial charge is 0.103 e. The molecule has 0 spiro atoms. The van der Waals surface area contributed by atoms with Gasteiger partial charge in [-0.2, -0.15) is 0 Å². The van der Waals surface area contributed by atoms with E-state index < -0.39 is 0 Å². The number of hydrogen-bond acceptors (Lipinski definition) is 2. The second-order valence-corrected chi connectivity index (χ2v) is 2.37. The molecule has 0 saturated carbocycles. The van der Waals surface area contributed by atoms with E-state index >= 15 is 0 Å². The molecule has 0 unspecified atom stereocenters. The van der Waals surface area contributed by atoms with E-state index in [9.17, 15) is 0 Å². The molecule has 1 nitrogen and oxygen atoms in total. The third-order valence-corrected chi connectivity index (χ3v) is 1.30. The Hall–Kier alpha value is -0.280. The van der Waals surface area contributed by atoms with Crippen molar-refractivity contribution in [1.82, 2.24) is 4.98 Å². The minimum Gasteiger partial charge on any atom is -0.352 e. The maximum atomic E-state index is 4.78. The van der Waals surface area contributed by atoms with Crippen LogP contribution in [0.3, 0.4) is 0 Å². The van der Waals surface area contributed by atoms with Gasteiger partial charge in [-0.3, -0.25) is 0 Å². The first-order valence-corrected chi connectivity index (χ1v) is 3.02. The summed E-state index contributed by atoms with van der Waals surface area (Å²) in [4.78, 5) is 3.74. The molecule has 8 heavy (non-hydrogen) atoms. The van der Waals surface area contributed by atoms with Crippen molar-refractivity contribution >= 4 is 24.8 Å². The third kappa shape index (κ3) is 1.35. The molecule has 3 heteroatoms. The van der Waals surface area contributed by atoms with Crippen LogP contribution < -0.4 is 0 Å². The Labute approximate surface area is 58.2 Å². The maximum Gasteiger partial charge on any atom is 0.103 e. The predicted molar refractivity (Wildman–Crippen MR) is 38.9 cm³/mol. The van der Waals surface area contributed by atoms with Crippen molar-refractivity contribution in [2.45, 2.75) is 4.90 Å². The Kier molecular flexibility index (Phi) is 1.70. The molecular formula is C5H5NS2. The van der Waals surface area contributed by atoms with Gasteiger partial charge >= 0.3 is 0 Å². The molecule has 1 aromatic rings. The Morgan fingerprint density at radius 1 is 1.50 bits per heavy atom. The van der Waals surface area contributed by atoms with Gasteiger partial charge in [0, 0.05) is 11.1 Å². The molecule has 0 aromatic carbocycles. The molecule has 0 bridgehead atoms. The van der Waals surface area contributed by atoms with Crippen LogP contribution in [0.4, 0.5) is 0 Å². The standard InChI is InChI=1S/C5H5NS2/c7-4-1-2-5(8)6-3-4/h1-3,7H,(H,6,8). The average molecular weight is 143 g/mol. The topological polar surface area (TPSA) is 15.8 Å². The van der Waals surface area contributed by atoms with Crippen LogP contribution >= 0.6 is 24.8 Å². The first-order chi connectivity index (χ1) is 3.79. The van der Waals surface area contributed by atoms with Gasteiger partial charge in [-0.05, 0) is 12.1 Å². The summed E-state index contributed by atoms with van der Waals surface area (Å²) >= 11 is 8.84. The Bertz CT molecular complexity index is 208. The van der Waals surface area contributed by atoms with Crippen LogP contribution in [0.5, 0.6) is 0 Å². The molecule has 1 rings (SSSR count). The molecule has 0 aliphatic heterocycles. The predicted octanol–water partition coefficient (Wildman–Crippen LogP) is 2.03. The zero-order valence-electron chi connectivity index (χ0n) is 4.09. The highest BCUT2D eigenvalue weighted by atomic mass is 32.1. The molecule has 0 amide bonds. The molecule has 1 heterocycles. The van der Waals surface area contributed by atoms with Crippen LogP contribution in [0.15, 0.2) is 23.2 Å². The van der Waals surface area contributed by atoms with E-state index in [1.54, 1.807) is 12.3 Å². The first kappa shape index (κ1) is 5.85. The van der Waals surface area contributed by atoms with Gasteiger partial charge in [0.2, 0.25) is 0 Å². The van der Waals surface area contributed by atoms with E-state index in [-0.39, 0.29) is 0 Å². The van der Waals surface area contributed by atoms with Gasteiger partial charge in [-0.25, -0.2) is 0 Å². The normalized spacial score (nSPS) is 9.12. The van der Waals surface area contributed by atoms with E-state index in [0.29, 0.717) is 0 Å². The van der Waals surface area contributed by atoms with E-state index in [0.717, 1.165) is 9.54 Å². The fraction of sp³-hybridized carbons (Fsp3) is 0. The summed E-state index contributed by atoms with van der Waals surface area (Å²) in [5, 5.41) is 0. The van der Waals surface area contributed by atoms with Crippen molar-refractivity contribution in [3.05, 3.63) is 23.0 Å². The summed E-state index contributed by atoms with van der Waals surface area (Å²) < 4.78 is 0.739. The number of rotatable bonds is 0. The van der Waals surface area contributed by atoms with Crippen molar-refractivity contribution < 1.29 is 0 Å². The second-order valence-electron chi connectivity index (χ2n) is 1.41. The molecule has 0 saturated heterocycles. The van der Waals surface area contributed by atoms with Crippen molar-refractivity contribution in [2.75, 3.05) is 0 Å². The maximum absolute atomic E-state index is 4.78. The second kappa shape index (κ2) is 2.33. The SMILES string of the molecule is S=c1ccc(S)c[nH]1. The highest BCUT2D eigenvalue weighted by molar-refractivity contribution is 7.80. The monoisotopic (exact) mass is 143 g/mol. The lowest BCUT2D eigenvalue weighted by Gasteiger charge is -1.85. The Balaban J connectivity index is 3.22. The lowest BCUT2D eigenvalue weighted by atomic mass is 10.5. The van der Waals surface area contributed by atoms with Crippen molar-refractivity contribution in [3.63, 3.8) is 0 Å². The van der Waals surface area contributed by atoms with E-state index in [1.165, 1.54) is 0 Å². The Morgan fingerprint density at radius 2 is 2.25 bits per heavy atom. The molecule has 1 aromatic heterocycles. The summed E-state index contributed by atoms with van der Waals surface area (Å²) in [6.45, 7) is 0. The van der Waals surface area contributed by atoms with Crippen LogP contribution in [-0.4, -0.2) is 4.98 Å². The number of H-pyrrole nitrogens is 1. The van der Waals surface area contributed by atoms with Gasteiger partial charge in [0.05, 0.1) is 0 Å². The summed E-state index contributed by atoms with van der Waals surface area (Å²) in [7, 11) is 0. The van der Waals surface area contributed by atoms with Crippen molar-refractivity contribution in [2.24, 2.45) is 0 Å². The molecule has 0 aliphatic carbocycles. The van der Waals surface area contributed by atoms with Crippen LogP contribution in [0.25, 0.3) is 0 Å². The number of aromatic nitrogens is 1. The van der Waals surface area contributed by atoms with Gasteiger partial charge in [-0.15, -0.1) is 12.6 Å². The van der Waals surface area contributed by atoms with E-state index in [4.69, 9.17) is 12.2 Å². The van der Waals surface area contributed by atoms with E-state index in [2.05, 4.69) is 17.6 Å². The quantitative estimate of drug-likeness (QED) is 0.419. The number of pyridine rings is 1. The van der Waals surface area contributed by atoms with Gasteiger partial charge in [0.25, 0.3) is 0 Å². The summed E-state index contributed by atoms with van der Waals surface area (Å²) in [6.07, 6.45) is 1.76. The van der Waals surface area contributed by atoms with Crippen LogP contribution in [-0.2, 0) is 0 Å². The van der Waals surface area contributed by atoms with E-state index in [1.807, 2.05) is 6.07 Å². The highest BCUT2D eigenvalue weighted by Gasteiger charge is 1.77. The van der Waals surface area contributed by atoms with Crippen molar-refractivity contribution in [3.8, 4) is 0 Å². The summed E-state index contributed by atoms with van der Waals surface area (Å²) in [6, 6.07) is 3.65. The van der Waals surface area contributed by atoms with Gasteiger partial charge < -0.3 is 4.98 Å². The van der Waals surface area contributed by atoms with Gasteiger partial charge in [-0.1, -0.05) is 12.2 Å². The largest absolute Gasteiger partial charge is 0.352 e. The third-order valence-electron chi connectivity index (χ3n) is 0.768. The molecule has 0 atom stereocenters. The first-order valence-electron chi connectivity index (χ1n) is 2.17. The van der Waals surface area contributed by atoms with Crippen LogP contribution in [0, 0.1) is 4.64 Å². The zero-order valence-corrected chi connectivity index (χ0v) is 5.80. The number of aromatic amines is 1. The molecule has 0 fully saturated rings.